The molecule has 2 heterocycles. The molecule has 2 aromatic carbocycles. The molecule has 0 aliphatic rings. The Labute approximate surface area is 174 Å². The molecule has 4 aromatic rings. The van der Waals surface area contributed by atoms with Crippen LogP contribution in [0.25, 0.3) is 32.6 Å². The van der Waals surface area contributed by atoms with Gasteiger partial charge in [0.25, 0.3) is 0 Å². The maximum Gasteiger partial charge on any atom is 0.162 e. The van der Waals surface area contributed by atoms with Crippen molar-refractivity contribution in [2.24, 2.45) is 0 Å². The second-order valence-corrected chi connectivity index (χ2v) is 9.60. The van der Waals surface area contributed by atoms with E-state index in [9.17, 15) is 0 Å². The smallest absolute Gasteiger partial charge is 0.162 e. The second kappa shape index (κ2) is 8.15. The van der Waals surface area contributed by atoms with E-state index in [4.69, 9.17) is 4.98 Å². The molecule has 0 fully saturated rings. The molecule has 0 amide bonds. The zero-order valence-corrected chi connectivity index (χ0v) is 19.5. The van der Waals surface area contributed by atoms with E-state index in [1.54, 1.807) is 44.3 Å². The van der Waals surface area contributed by atoms with Gasteiger partial charge in [-0.3, -0.25) is 0 Å². The summed E-state index contributed by atoms with van der Waals surface area (Å²) in [4.78, 5) is 9.43. The molecular formula is C18H12N2S4Zn. The first-order valence-corrected chi connectivity index (χ1v) is 11.0. The number of hydrogen-bond donors (Lipinski definition) is 0. The first-order chi connectivity index (χ1) is 11.8. The summed E-state index contributed by atoms with van der Waals surface area (Å²) in [6, 6.07) is 12.4. The Balaban J connectivity index is 0.00000182. The fourth-order valence-corrected chi connectivity index (χ4v) is 6.90. The van der Waals surface area contributed by atoms with Crippen LogP contribution in [0.4, 0.5) is 0 Å². The molecule has 0 saturated heterocycles. The van der Waals surface area contributed by atoms with E-state index in [0.29, 0.717) is 0 Å². The third kappa shape index (κ3) is 3.76. The van der Waals surface area contributed by atoms with Crippen LogP contribution in [0.3, 0.4) is 0 Å². The Kier molecular flexibility index (Phi) is 6.13. The standard InChI is InChI=1S/C18H12N2S4.Zn/c1-3-11-9-10-15-16(12(11)4-2)20-18(22-15)24-23-17-19-13-7-5-6-8-14(13)21-17;/h3-10H,1-2H2;. The molecule has 0 aliphatic heterocycles. The molecule has 0 radical (unpaired) electrons. The third-order valence-corrected chi connectivity index (χ3v) is 8.52. The molecular weight excluding hydrogens is 438 g/mol. The van der Waals surface area contributed by atoms with E-state index in [-0.39, 0.29) is 19.5 Å². The van der Waals surface area contributed by atoms with Gasteiger partial charge in [0.05, 0.1) is 20.4 Å². The predicted molar refractivity (Wildman–Crippen MR) is 111 cm³/mol. The van der Waals surface area contributed by atoms with Gasteiger partial charge in [-0.1, -0.05) is 43.5 Å². The van der Waals surface area contributed by atoms with Crippen LogP contribution in [-0.2, 0) is 19.5 Å². The molecule has 0 unspecified atom stereocenters. The Morgan fingerprint density at radius 1 is 0.840 bits per heavy atom. The molecule has 0 aliphatic carbocycles. The molecule has 0 saturated carbocycles. The molecule has 120 valence electrons. The summed E-state index contributed by atoms with van der Waals surface area (Å²) in [6.45, 7) is 7.77. The van der Waals surface area contributed by atoms with Crippen molar-refractivity contribution in [2.75, 3.05) is 0 Å². The fourth-order valence-electron chi connectivity index (χ4n) is 2.40. The van der Waals surface area contributed by atoms with Crippen molar-refractivity contribution in [3.05, 3.63) is 60.7 Å². The molecule has 0 bridgehead atoms. The maximum atomic E-state index is 4.78. The zero-order valence-electron chi connectivity index (χ0n) is 13.3. The van der Waals surface area contributed by atoms with Crippen LogP contribution in [-0.4, -0.2) is 9.97 Å². The monoisotopic (exact) mass is 448 g/mol. The van der Waals surface area contributed by atoms with Crippen LogP contribution < -0.4 is 0 Å². The molecule has 7 heteroatoms. The molecule has 0 atom stereocenters. The van der Waals surface area contributed by atoms with Crippen molar-refractivity contribution in [1.82, 2.24) is 9.97 Å². The van der Waals surface area contributed by atoms with E-state index in [2.05, 4.69) is 36.3 Å². The molecule has 2 aromatic heterocycles. The minimum atomic E-state index is 0. The molecule has 25 heavy (non-hydrogen) atoms. The SMILES string of the molecule is C=Cc1ccc2sc(SSc3nc4ccccc4s3)nc2c1C=C.[Zn]. The normalized spacial score (nSPS) is 10.7. The number of nitrogens with zero attached hydrogens (tertiary/aromatic N) is 2. The number of benzene rings is 2. The minimum absolute atomic E-state index is 0. The number of para-hydroxylation sites is 1. The summed E-state index contributed by atoms with van der Waals surface area (Å²) in [7, 11) is 3.32. The average Bonchev–Trinajstić information content (AvgIpc) is 3.21. The van der Waals surface area contributed by atoms with Gasteiger partial charge in [-0.15, -0.1) is 22.7 Å². The van der Waals surface area contributed by atoms with Crippen LogP contribution in [0.15, 0.2) is 58.2 Å². The Bertz CT molecular complexity index is 1030. The van der Waals surface area contributed by atoms with Crippen LogP contribution in [0.1, 0.15) is 11.1 Å². The van der Waals surface area contributed by atoms with Crippen LogP contribution in [0.5, 0.6) is 0 Å². The molecule has 4 rings (SSSR count). The van der Waals surface area contributed by atoms with Crippen molar-refractivity contribution >= 4 is 76.8 Å². The minimum Gasteiger partial charge on any atom is -0.229 e. The molecule has 0 N–H and O–H groups in total. The average molecular weight is 450 g/mol. The summed E-state index contributed by atoms with van der Waals surface area (Å²) in [5.74, 6) is 0. The zero-order chi connectivity index (χ0) is 16.5. The van der Waals surface area contributed by atoms with Crippen LogP contribution >= 0.6 is 44.3 Å². The number of rotatable bonds is 5. The van der Waals surface area contributed by atoms with Gasteiger partial charge in [-0.05, 0) is 45.4 Å². The van der Waals surface area contributed by atoms with Gasteiger partial charge in [-0.25, -0.2) is 9.97 Å². The largest absolute Gasteiger partial charge is 0.229 e. The number of thiazole rings is 2. The third-order valence-electron chi connectivity index (χ3n) is 3.50. The van der Waals surface area contributed by atoms with E-state index in [1.807, 2.05) is 30.4 Å². The van der Waals surface area contributed by atoms with Crippen molar-refractivity contribution in [3.8, 4) is 0 Å². The molecule has 2 nitrogen and oxygen atoms in total. The van der Waals surface area contributed by atoms with Crippen molar-refractivity contribution in [2.45, 2.75) is 8.68 Å². The first kappa shape index (κ1) is 18.8. The number of hydrogen-bond acceptors (Lipinski definition) is 6. The topological polar surface area (TPSA) is 25.8 Å². The van der Waals surface area contributed by atoms with E-state index < -0.39 is 0 Å². The summed E-state index contributed by atoms with van der Waals surface area (Å²) in [5, 5.41) is 0. The maximum absolute atomic E-state index is 4.78. The van der Waals surface area contributed by atoms with E-state index in [0.717, 1.165) is 30.8 Å². The van der Waals surface area contributed by atoms with Gasteiger partial charge in [0.2, 0.25) is 0 Å². The summed E-state index contributed by atoms with van der Waals surface area (Å²) < 4.78 is 4.46. The van der Waals surface area contributed by atoms with Crippen molar-refractivity contribution < 1.29 is 19.5 Å². The van der Waals surface area contributed by atoms with Gasteiger partial charge in [0.15, 0.2) is 8.68 Å². The number of aromatic nitrogens is 2. The van der Waals surface area contributed by atoms with E-state index in [1.165, 1.54) is 9.40 Å². The van der Waals surface area contributed by atoms with Crippen molar-refractivity contribution in [1.29, 1.82) is 0 Å². The summed E-state index contributed by atoms with van der Waals surface area (Å²) >= 11 is 3.41. The number of fused-ring (bicyclic) bond motifs is 2. The van der Waals surface area contributed by atoms with Gasteiger partial charge in [-0.2, -0.15) is 0 Å². The Hall–Kier alpha value is -0.977. The Morgan fingerprint density at radius 3 is 2.28 bits per heavy atom. The van der Waals surface area contributed by atoms with Gasteiger partial charge < -0.3 is 0 Å². The summed E-state index contributed by atoms with van der Waals surface area (Å²) in [5.41, 5.74) is 4.17. The van der Waals surface area contributed by atoms with Crippen LogP contribution in [0, 0.1) is 0 Å². The first-order valence-electron chi connectivity index (χ1n) is 7.17. The Morgan fingerprint density at radius 2 is 1.56 bits per heavy atom. The summed E-state index contributed by atoms with van der Waals surface area (Å²) in [6.07, 6.45) is 3.70. The van der Waals surface area contributed by atoms with Gasteiger partial charge >= 0.3 is 0 Å². The predicted octanol–water partition coefficient (Wildman–Crippen LogP) is 6.99. The van der Waals surface area contributed by atoms with Gasteiger partial charge in [0, 0.05) is 25.0 Å². The quantitative estimate of drug-likeness (QED) is 0.242. The van der Waals surface area contributed by atoms with Gasteiger partial charge in [0.1, 0.15) is 0 Å². The fraction of sp³-hybridized carbons (Fsp3) is 0. The second-order valence-electron chi connectivity index (χ2n) is 4.92. The molecule has 0 spiro atoms. The van der Waals surface area contributed by atoms with E-state index >= 15 is 0 Å². The van der Waals surface area contributed by atoms with Crippen molar-refractivity contribution in [3.63, 3.8) is 0 Å². The van der Waals surface area contributed by atoms with Crippen LogP contribution in [0.2, 0.25) is 0 Å².